The van der Waals surface area contributed by atoms with Crippen LogP contribution in [0.2, 0.25) is 0 Å². The maximum atomic E-state index is 11.8. The molecule has 0 aliphatic rings. The smallest absolute Gasteiger partial charge is 0.240 e. The molecule has 15 heavy (non-hydrogen) atoms. The Balaban J connectivity index is 4.63. The Kier molecular flexibility index (Phi) is 6.20. The van der Waals surface area contributed by atoms with E-state index in [1.54, 1.807) is 0 Å². The van der Waals surface area contributed by atoms with Crippen molar-refractivity contribution >= 4 is 27.3 Å². The topological polar surface area (TPSA) is 54.5 Å². The fourth-order valence-electron chi connectivity index (χ4n) is 1.14. The highest BCUT2D eigenvalue weighted by Crippen LogP contribution is 2.05. The van der Waals surface area contributed by atoms with Gasteiger partial charge >= 0.3 is 0 Å². The molecular formula is C9H18ClNO3S. The molecule has 0 spiro atoms. The molecule has 0 aliphatic carbocycles. The number of carbonyl (C=O) groups excluding carboxylic acids is 1. The van der Waals surface area contributed by atoms with Crippen LogP contribution in [0, 0.1) is 0 Å². The quantitative estimate of drug-likeness (QED) is 0.663. The van der Waals surface area contributed by atoms with Gasteiger partial charge in [-0.3, -0.25) is 4.79 Å². The summed E-state index contributed by atoms with van der Waals surface area (Å²) in [6, 6.07) is 0. The first-order valence-electron chi connectivity index (χ1n) is 4.88. The molecule has 0 bridgehead atoms. The second-order valence-electron chi connectivity index (χ2n) is 3.49. The van der Waals surface area contributed by atoms with Gasteiger partial charge in [0.25, 0.3) is 0 Å². The summed E-state index contributed by atoms with van der Waals surface area (Å²) in [7, 11) is -3.32. The Morgan fingerprint density at radius 2 is 1.93 bits per heavy atom. The van der Waals surface area contributed by atoms with E-state index in [0.717, 1.165) is 12.7 Å². The van der Waals surface area contributed by atoms with Crippen LogP contribution in [0.1, 0.15) is 20.3 Å². The van der Waals surface area contributed by atoms with Crippen molar-refractivity contribution in [1.82, 2.24) is 4.90 Å². The van der Waals surface area contributed by atoms with E-state index in [1.807, 2.05) is 6.92 Å². The van der Waals surface area contributed by atoms with Crippen molar-refractivity contribution in [3.63, 3.8) is 0 Å². The summed E-state index contributed by atoms with van der Waals surface area (Å²) >= 11 is 5.55. The molecule has 0 fully saturated rings. The van der Waals surface area contributed by atoms with Gasteiger partial charge in [0.15, 0.2) is 9.84 Å². The molecule has 6 heteroatoms. The normalized spacial score (nSPS) is 13.6. The van der Waals surface area contributed by atoms with Crippen LogP contribution in [0.4, 0.5) is 0 Å². The monoisotopic (exact) mass is 255 g/mol. The lowest BCUT2D eigenvalue weighted by molar-refractivity contribution is -0.130. The largest absolute Gasteiger partial charge is 0.340 e. The van der Waals surface area contributed by atoms with Crippen LogP contribution in [-0.2, 0) is 14.6 Å². The zero-order chi connectivity index (χ0) is 12.1. The van der Waals surface area contributed by atoms with Crippen molar-refractivity contribution in [3.05, 3.63) is 0 Å². The first-order chi connectivity index (χ1) is 6.84. The second-order valence-corrected chi connectivity index (χ2v) is 6.23. The summed E-state index contributed by atoms with van der Waals surface area (Å²) in [5.41, 5.74) is 0. The van der Waals surface area contributed by atoms with Gasteiger partial charge in [-0.05, 0) is 13.3 Å². The summed E-state index contributed by atoms with van der Waals surface area (Å²) in [5.74, 6) is -0.0395. The predicted molar refractivity (Wildman–Crippen MR) is 61.9 cm³/mol. The van der Waals surface area contributed by atoms with E-state index in [4.69, 9.17) is 11.6 Å². The number of amides is 1. The van der Waals surface area contributed by atoms with E-state index >= 15 is 0 Å². The highest BCUT2D eigenvalue weighted by atomic mass is 35.5. The highest BCUT2D eigenvalue weighted by Gasteiger charge is 2.27. The number of nitrogens with zero attached hydrogens (tertiary/aromatic N) is 1. The molecule has 0 aromatic rings. The Bertz CT molecular complexity index is 296. The molecule has 1 atom stereocenters. The second kappa shape index (κ2) is 6.33. The minimum absolute atomic E-state index is 0.322. The van der Waals surface area contributed by atoms with Gasteiger partial charge in [-0.1, -0.05) is 6.92 Å². The van der Waals surface area contributed by atoms with Crippen LogP contribution in [0.5, 0.6) is 0 Å². The Labute approximate surface area is 96.5 Å². The fraction of sp³-hybridized carbons (Fsp3) is 0.889. The van der Waals surface area contributed by atoms with E-state index in [0.29, 0.717) is 19.0 Å². The predicted octanol–water partition coefficient (Wildman–Crippen LogP) is 0.897. The van der Waals surface area contributed by atoms with Crippen LogP contribution in [-0.4, -0.2) is 49.7 Å². The lowest BCUT2D eigenvalue weighted by atomic mass is 10.3. The number of sulfone groups is 1. The third-order valence-corrected chi connectivity index (χ3v) is 3.80. The Hall–Kier alpha value is -0.290. The number of rotatable bonds is 6. The van der Waals surface area contributed by atoms with Gasteiger partial charge in [0.1, 0.15) is 5.25 Å². The molecule has 1 unspecified atom stereocenters. The highest BCUT2D eigenvalue weighted by molar-refractivity contribution is 7.92. The van der Waals surface area contributed by atoms with E-state index in [-0.39, 0.29) is 5.91 Å². The average Bonchev–Trinajstić information content (AvgIpc) is 2.14. The van der Waals surface area contributed by atoms with Gasteiger partial charge in [-0.2, -0.15) is 0 Å². The van der Waals surface area contributed by atoms with Crippen LogP contribution in [0.25, 0.3) is 0 Å². The minimum atomic E-state index is -3.32. The van der Waals surface area contributed by atoms with Crippen LogP contribution in [0.15, 0.2) is 0 Å². The van der Waals surface area contributed by atoms with Gasteiger partial charge in [0, 0.05) is 25.2 Å². The lowest BCUT2D eigenvalue weighted by Crippen LogP contribution is -2.42. The van der Waals surface area contributed by atoms with Crippen molar-refractivity contribution in [2.24, 2.45) is 0 Å². The number of carbonyl (C=O) groups is 1. The third-order valence-electron chi connectivity index (χ3n) is 2.15. The standard InChI is InChI=1S/C9H18ClNO3S/c1-4-6-11(7-5-10)9(12)8(2)15(3,13)14/h8H,4-7H2,1-3H3. The van der Waals surface area contributed by atoms with Gasteiger partial charge in [0.05, 0.1) is 0 Å². The molecular weight excluding hydrogens is 238 g/mol. The van der Waals surface area contributed by atoms with Gasteiger partial charge in [-0.25, -0.2) is 8.42 Å². The van der Waals surface area contributed by atoms with Gasteiger partial charge in [0.2, 0.25) is 5.91 Å². The first kappa shape index (κ1) is 14.7. The molecule has 0 aromatic heterocycles. The SMILES string of the molecule is CCCN(CCCl)C(=O)C(C)S(C)(=O)=O. The molecule has 0 saturated heterocycles. The van der Waals surface area contributed by atoms with Crippen molar-refractivity contribution in [2.45, 2.75) is 25.5 Å². The Morgan fingerprint density at radius 3 is 2.27 bits per heavy atom. The zero-order valence-corrected chi connectivity index (χ0v) is 10.9. The molecule has 0 heterocycles. The summed E-state index contributed by atoms with van der Waals surface area (Å²) < 4.78 is 22.4. The first-order valence-corrected chi connectivity index (χ1v) is 7.37. The van der Waals surface area contributed by atoms with Crippen molar-refractivity contribution in [3.8, 4) is 0 Å². The van der Waals surface area contributed by atoms with E-state index in [1.165, 1.54) is 11.8 Å². The third kappa shape index (κ3) is 4.84. The number of hydrogen-bond donors (Lipinski definition) is 0. The molecule has 0 rings (SSSR count). The van der Waals surface area contributed by atoms with Crippen molar-refractivity contribution < 1.29 is 13.2 Å². The van der Waals surface area contributed by atoms with Crippen LogP contribution < -0.4 is 0 Å². The summed E-state index contributed by atoms with van der Waals surface area (Å²) in [4.78, 5) is 13.3. The molecule has 4 nitrogen and oxygen atoms in total. The summed E-state index contributed by atoms with van der Waals surface area (Å²) in [5, 5.41) is -0.979. The molecule has 0 radical (unpaired) electrons. The van der Waals surface area contributed by atoms with E-state index in [9.17, 15) is 13.2 Å². The average molecular weight is 256 g/mol. The van der Waals surface area contributed by atoms with E-state index in [2.05, 4.69) is 0 Å². The zero-order valence-electron chi connectivity index (χ0n) is 9.36. The summed E-state index contributed by atoms with van der Waals surface area (Å²) in [6.45, 7) is 4.29. The number of alkyl halides is 1. The summed E-state index contributed by atoms with van der Waals surface area (Å²) in [6.07, 6.45) is 1.86. The minimum Gasteiger partial charge on any atom is -0.340 e. The van der Waals surface area contributed by atoms with Crippen LogP contribution in [0.3, 0.4) is 0 Å². The molecule has 0 saturated carbocycles. The number of hydrogen-bond acceptors (Lipinski definition) is 3. The molecule has 0 aromatic carbocycles. The van der Waals surface area contributed by atoms with Gasteiger partial charge in [-0.15, -0.1) is 11.6 Å². The Morgan fingerprint density at radius 1 is 1.40 bits per heavy atom. The molecule has 0 N–H and O–H groups in total. The molecule has 1 amide bonds. The van der Waals surface area contributed by atoms with E-state index < -0.39 is 15.1 Å². The number of halogens is 1. The maximum absolute atomic E-state index is 11.8. The molecule has 0 aliphatic heterocycles. The van der Waals surface area contributed by atoms with Crippen molar-refractivity contribution in [2.75, 3.05) is 25.2 Å². The molecule has 90 valence electrons. The van der Waals surface area contributed by atoms with Crippen molar-refractivity contribution in [1.29, 1.82) is 0 Å². The lowest BCUT2D eigenvalue weighted by Gasteiger charge is -2.23. The fourth-order valence-corrected chi connectivity index (χ4v) is 1.86. The van der Waals surface area contributed by atoms with Crippen LogP contribution >= 0.6 is 11.6 Å². The van der Waals surface area contributed by atoms with Gasteiger partial charge < -0.3 is 4.90 Å². The maximum Gasteiger partial charge on any atom is 0.240 e.